The highest BCUT2D eigenvalue weighted by molar-refractivity contribution is 7.80. The smallest absolute Gasteiger partial charge is 0.290 e. The molecule has 0 bridgehead atoms. The maximum absolute atomic E-state index is 13.3. The van der Waals surface area contributed by atoms with Gasteiger partial charge in [-0.2, -0.15) is 5.10 Å². The summed E-state index contributed by atoms with van der Waals surface area (Å²) in [6.45, 7) is 8.24. The first-order chi connectivity index (χ1) is 15.2. The summed E-state index contributed by atoms with van der Waals surface area (Å²) in [6.07, 6.45) is 1.63. The normalized spacial score (nSPS) is 13.9. The van der Waals surface area contributed by atoms with Gasteiger partial charge in [0.1, 0.15) is 5.69 Å². The molecule has 0 atom stereocenters. The zero-order chi connectivity index (χ0) is 23.5. The van der Waals surface area contributed by atoms with Gasteiger partial charge in [0.05, 0.1) is 19.9 Å². The molecule has 1 aliphatic rings. The lowest BCUT2D eigenvalue weighted by molar-refractivity contribution is 0.0480. The number of thiocarbonyl (C=S) groups is 1. The van der Waals surface area contributed by atoms with Crippen LogP contribution in [-0.4, -0.2) is 64.7 Å². The van der Waals surface area contributed by atoms with E-state index in [-0.39, 0.29) is 11.3 Å². The first kappa shape index (κ1) is 23.8. The van der Waals surface area contributed by atoms with Gasteiger partial charge in [0.25, 0.3) is 5.91 Å². The number of carbonyl (C=O) groups excluding carboxylic acids is 1. The van der Waals surface area contributed by atoms with Crippen molar-refractivity contribution in [1.29, 1.82) is 0 Å². The molecule has 2 heterocycles. The van der Waals surface area contributed by atoms with Crippen LogP contribution in [0.2, 0.25) is 0 Å². The predicted octanol–water partition coefficient (Wildman–Crippen LogP) is 2.91. The van der Waals surface area contributed by atoms with Crippen molar-refractivity contribution < 1.29 is 14.3 Å². The molecule has 1 saturated heterocycles. The van der Waals surface area contributed by atoms with Gasteiger partial charge < -0.3 is 14.8 Å². The molecule has 1 amide bonds. The summed E-state index contributed by atoms with van der Waals surface area (Å²) in [5.74, 6) is 1.32. The minimum absolute atomic E-state index is 0.0861. The van der Waals surface area contributed by atoms with Crippen molar-refractivity contribution in [3.8, 4) is 11.5 Å². The number of hydrazine groups is 1. The maximum Gasteiger partial charge on any atom is 0.290 e. The summed E-state index contributed by atoms with van der Waals surface area (Å²) in [6, 6.07) is 7.75. The molecule has 0 radical (unpaired) electrons. The minimum Gasteiger partial charge on any atom is -0.493 e. The Hall–Kier alpha value is -2.81. The van der Waals surface area contributed by atoms with Crippen LogP contribution >= 0.6 is 12.2 Å². The number of nitrogens with zero attached hydrogens (tertiary/aromatic N) is 4. The van der Waals surface area contributed by atoms with Gasteiger partial charge in [0.15, 0.2) is 16.6 Å². The average molecular weight is 460 g/mol. The topological polar surface area (TPSA) is 71.9 Å². The van der Waals surface area contributed by atoms with E-state index in [1.165, 1.54) is 0 Å². The molecular weight excluding hydrogens is 426 g/mol. The first-order valence-electron chi connectivity index (χ1n) is 10.8. The number of amides is 1. The lowest BCUT2D eigenvalue weighted by Crippen LogP contribution is -2.49. The van der Waals surface area contributed by atoms with Gasteiger partial charge in [0.2, 0.25) is 0 Å². The van der Waals surface area contributed by atoms with E-state index in [0.717, 1.165) is 24.1 Å². The van der Waals surface area contributed by atoms with Crippen molar-refractivity contribution in [3.05, 3.63) is 41.2 Å². The molecule has 0 aliphatic carbocycles. The second kappa shape index (κ2) is 9.77. The van der Waals surface area contributed by atoms with Crippen molar-refractivity contribution in [2.75, 3.05) is 33.9 Å². The summed E-state index contributed by atoms with van der Waals surface area (Å²) in [5.41, 5.74) is 2.44. The van der Waals surface area contributed by atoms with E-state index in [1.807, 2.05) is 36.3 Å². The molecule has 0 saturated carbocycles. The van der Waals surface area contributed by atoms with Gasteiger partial charge in [0, 0.05) is 32.1 Å². The molecule has 2 aromatic rings. The SMILES string of the molecule is COc1ccc(CCNC(=S)N2CCCN2C(=O)c2cc(C(C)(C)C)nn2C)cc1OC. The Morgan fingerprint density at radius 2 is 1.81 bits per heavy atom. The van der Waals surface area contributed by atoms with Crippen LogP contribution in [0.15, 0.2) is 24.3 Å². The zero-order valence-electron chi connectivity index (χ0n) is 19.8. The number of benzene rings is 1. The van der Waals surface area contributed by atoms with Crippen molar-refractivity contribution >= 4 is 23.2 Å². The second-order valence-corrected chi connectivity index (χ2v) is 9.25. The van der Waals surface area contributed by atoms with Crippen LogP contribution in [-0.2, 0) is 18.9 Å². The van der Waals surface area contributed by atoms with Crippen molar-refractivity contribution in [1.82, 2.24) is 25.1 Å². The van der Waals surface area contributed by atoms with E-state index in [9.17, 15) is 4.79 Å². The van der Waals surface area contributed by atoms with Crippen molar-refractivity contribution in [3.63, 3.8) is 0 Å². The monoisotopic (exact) mass is 459 g/mol. The molecule has 1 fully saturated rings. The summed E-state index contributed by atoms with van der Waals surface area (Å²) < 4.78 is 12.3. The zero-order valence-corrected chi connectivity index (χ0v) is 20.6. The van der Waals surface area contributed by atoms with E-state index >= 15 is 0 Å². The van der Waals surface area contributed by atoms with Crippen molar-refractivity contribution in [2.45, 2.75) is 39.0 Å². The van der Waals surface area contributed by atoms with Crippen LogP contribution < -0.4 is 14.8 Å². The number of nitrogens with one attached hydrogen (secondary N) is 1. The summed E-state index contributed by atoms with van der Waals surface area (Å²) in [5, 5.41) is 12.0. The Labute approximate surface area is 195 Å². The Kier molecular flexibility index (Phi) is 7.28. The number of hydrogen-bond donors (Lipinski definition) is 1. The molecule has 9 heteroatoms. The number of hydrogen-bond acceptors (Lipinski definition) is 5. The summed E-state index contributed by atoms with van der Waals surface area (Å²) in [7, 11) is 5.05. The molecule has 174 valence electrons. The fourth-order valence-corrected chi connectivity index (χ4v) is 3.93. The molecule has 1 aromatic carbocycles. The second-order valence-electron chi connectivity index (χ2n) is 8.86. The highest BCUT2D eigenvalue weighted by Gasteiger charge is 2.32. The molecule has 32 heavy (non-hydrogen) atoms. The van der Waals surface area contributed by atoms with Crippen LogP contribution in [0.1, 0.15) is 48.9 Å². The Bertz CT molecular complexity index is 982. The summed E-state index contributed by atoms with van der Waals surface area (Å²) >= 11 is 5.61. The lowest BCUT2D eigenvalue weighted by atomic mass is 9.92. The molecule has 3 rings (SSSR count). The third-order valence-corrected chi connectivity index (χ3v) is 5.86. The Balaban J connectivity index is 1.62. The standard InChI is InChI=1S/C23H33N5O3S/c1-23(2,3)20-15-17(26(4)25-20)21(29)27-12-7-13-28(27)22(32)24-11-10-16-8-9-18(30-5)19(14-16)31-6/h8-9,14-15H,7,10-13H2,1-6H3,(H,24,32). The van der Waals surface area contributed by atoms with Crippen LogP contribution in [0.25, 0.3) is 0 Å². The van der Waals surface area contributed by atoms with Gasteiger partial charge in [-0.15, -0.1) is 0 Å². The third kappa shape index (κ3) is 5.15. The molecule has 0 unspecified atom stereocenters. The maximum atomic E-state index is 13.3. The fraction of sp³-hybridized carbons (Fsp3) is 0.522. The number of ether oxygens (including phenoxy) is 2. The number of rotatable bonds is 6. The van der Waals surface area contributed by atoms with Crippen LogP contribution in [0.3, 0.4) is 0 Å². The predicted molar refractivity (Wildman–Crippen MR) is 128 cm³/mol. The Morgan fingerprint density at radius 3 is 2.44 bits per heavy atom. The Morgan fingerprint density at radius 1 is 1.12 bits per heavy atom. The van der Waals surface area contributed by atoms with Gasteiger partial charge in [-0.05, 0) is 48.8 Å². The quantitative estimate of drug-likeness (QED) is 0.666. The van der Waals surface area contributed by atoms with E-state index in [2.05, 4.69) is 31.2 Å². The van der Waals surface area contributed by atoms with E-state index in [4.69, 9.17) is 21.7 Å². The van der Waals surface area contributed by atoms with Gasteiger partial charge in [-0.1, -0.05) is 26.8 Å². The van der Waals surface area contributed by atoms with E-state index < -0.39 is 0 Å². The largest absolute Gasteiger partial charge is 0.493 e. The number of methoxy groups -OCH3 is 2. The molecular formula is C23H33N5O3S. The van der Waals surface area contributed by atoms with Gasteiger partial charge in [-0.3, -0.25) is 14.5 Å². The van der Waals surface area contributed by atoms with E-state index in [0.29, 0.717) is 41.9 Å². The van der Waals surface area contributed by atoms with Gasteiger partial charge in [-0.25, -0.2) is 5.01 Å². The minimum atomic E-state index is -0.123. The highest BCUT2D eigenvalue weighted by Crippen LogP contribution is 2.27. The van der Waals surface area contributed by atoms with Crippen LogP contribution in [0.4, 0.5) is 0 Å². The van der Waals surface area contributed by atoms with E-state index in [1.54, 1.807) is 23.9 Å². The number of aromatic nitrogens is 2. The van der Waals surface area contributed by atoms with Crippen LogP contribution in [0.5, 0.6) is 11.5 Å². The van der Waals surface area contributed by atoms with Crippen molar-refractivity contribution in [2.24, 2.45) is 7.05 Å². The summed E-state index contributed by atoms with van der Waals surface area (Å²) in [4.78, 5) is 13.3. The first-order valence-corrected chi connectivity index (χ1v) is 11.2. The number of carbonyl (C=O) groups is 1. The molecule has 1 aliphatic heterocycles. The van der Waals surface area contributed by atoms with Gasteiger partial charge >= 0.3 is 0 Å². The average Bonchev–Trinajstić information content (AvgIpc) is 3.40. The highest BCUT2D eigenvalue weighted by atomic mass is 32.1. The molecule has 0 spiro atoms. The molecule has 1 N–H and O–H groups in total. The molecule has 1 aromatic heterocycles. The lowest BCUT2D eigenvalue weighted by Gasteiger charge is -2.30. The number of aryl methyl sites for hydroxylation is 1. The molecule has 8 nitrogen and oxygen atoms in total. The fourth-order valence-electron chi connectivity index (χ4n) is 3.64. The van der Waals surface area contributed by atoms with Crippen LogP contribution in [0, 0.1) is 0 Å². The third-order valence-electron chi connectivity index (χ3n) is 5.51.